The van der Waals surface area contributed by atoms with E-state index in [1.165, 1.54) is 0 Å². The second kappa shape index (κ2) is 6.32. The Morgan fingerprint density at radius 2 is 2.10 bits per heavy atom. The first kappa shape index (κ1) is 13.5. The topological polar surface area (TPSA) is 67.3 Å². The molecule has 2 heterocycles. The Kier molecular flexibility index (Phi) is 4.07. The zero-order chi connectivity index (χ0) is 14.5. The molecule has 0 aliphatic carbocycles. The largest absolute Gasteiger partial charge is 0.370 e. The lowest BCUT2D eigenvalue weighted by Gasteiger charge is -2.26. The van der Waals surface area contributed by atoms with Gasteiger partial charge in [0, 0.05) is 18.4 Å². The first-order valence-electron chi connectivity index (χ1n) is 6.81. The third-order valence-electron chi connectivity index (χ3n) is 3.18. The minimum absolute atomic E-state index is 0.00238. The highest BCUT2D eigenvalue weighted by Crippen LogP contribution is 2.13. The van der Waals surface area contributed by atoms with Crippen LogP contribution in [0.3, 0.4) is 0 Å². The highest BCUT2D eigenvalue weighted by Gasteiger charge is 2.19. The van der Waals surface area contributed by atoms with Crippen LogP contribution in [-0.2, 0) is 16.1 Å². The maximum absolute atomic E-state index is 11.7. The molecule has 3 rings (SSSR count). The van der Waals surface area contributed by atoms with Crippen molar-refractivity contribution in [3.63, 3.8) is 0 Å². The number of nitrogens with one attached hydrogen (secondary N) is 1. The molecule has 0 bridgehead atoms. The molecule has 1 aromatic carbocycles. The third kappa shape index (κ3) is 3.55. The molecule has 1 N–H and O–H groups in total. The number of carbonyl (C=O) groups is 1. The number of rotatable bonds is 4. The van der Waals surface area contributed by atoms with Crippen molar-refractivity contribution in [1.82, 2.24) is 14.9 Å². The molecule has 1 fully saturated rings. The van der Waals surface area contributed by atoms with Crippen LogP contribution in [0.15, 0.2) is 42.6 Å². The summed E-state index contributed by atoms with van der Waals surface area (Å²) in [4.78, 5) is 22.1. The SMILES string of the molecule is O=C1COCCN1Cc1ccnc(Nc2ccccc2)n1. The van der Waals surface area contributed by atoms with Gasteiger partial charge in [-0.05, 0) is 18.2 Å². The predicted octanol–water partition coefficient (Wildman–Crippen LogP) is 1.58. The lowest BCUT2D eigenvalue weighted by atomic mass is 10.3. The van der Waals surface area contributed by atoms with Gasteiger partial charge in [0.2, 0.25) is 11.9 Å². The summed E-state index contributed by atoms with van der Waals surface area (Å²) in [5, 5.41) is 3.14. The summed E-state index contributed by atoms with van der Waals surface area (Å²) >= 11 is 0. The molecule has 0 saturated carbocycles. The van der Waals surface area contributed by atoms with Crippen LogP contribution in [-0.4, -0.2) is 40.5 Å². The molecule has 0 unspecified atom stereocenters. The zero-order valence-electron chi connectivity index (χ0n) is 11.5. The lowest BCUT2D eigenvalue weighted by Crippen LogP contribution is -2.41. The minimum atomic E-state index is -0.00238. The van der Waals surface area contributed by atoms with E-state index in [-0.39, 0.29) is 12.5 Å². The van der Waals surface area contributed by atoms with Gasteiger partial charge in [0.25, 0.3) is 0 Å². The summed E-state index contributed by atoms with van der Waals surface area (Å²) in [7, 11) is 0. The molecule has 21 heavy (non-hydrogen) atoms. The predicted molar refractivity (Wildman–Crippen MR) is 78.0 cm³/mol. The molecule has 108 valence electrons. The standard InChI is InChI=1S/C15H16N4O2/c20-14-11-21-9-8-19(14)10-13-6-7-16-15(18-13)17-12-4-2-1-3-5-12/h1-7H,8-11H2,(H,16,17,18). The Bertz CT molecular complexity index is 618. The lowest BCUT2D eigenvalue weighted by molar-refractivity contribution is -0.143. The summed E-state index contributed by atoms with van der Waals surface area (Å²) in [6, 6.07) is 11.5. The number of carbonyl (C=O) groups excluding carboxylic acids is 1. The Balaban J connectivity index is 1.69. The zero-order valence-corrected chi connectivity index (χ0v) is 11.5. The van der Waals surface area contributed by atoms with E-state index in [9.17, 15) is 4.79 Å². The molecule has 1 aromatic heterocycles. The van der Waals surface area contributed by atoms with Crippen LogP contribution in [0.4, 0.5) is 11.6 Å². The fourth-order valence-electron chi connectivity index (χ4n) is 2.11. The van der Waals surface area contributed by atoms with Crippen molar-refractivity contribution < 1.29 is 9.53 Å². The van der Waals surface area contributed by atoms with Gasteiger partial charge >= 0.3 is 0 Å². The average Bonchev–Trinajstić information content (AvgIpc) is 2.51. The van der Waals surface area contributed by atoms with Crippen molar-refractivity contribution in [2.45, 2.75) is 6.54 Å². The van der Waals surface area contributed by atoms with Crippen LogP contribution in [0.2, 0.25) is 0 Å². The molecule has 1 aliphatic rings. The van der Waals surface area contributed by atoms with Gasteiger partial charge in [0.05, 0.1) is 18.8 Å². The summed E-state index contributed by atoms with van der Waals surface area (Å²) < 4.78 is 5.12. The van der Waals surface area contributed by atoms with E-state index in [2.05, 4.69) is 15.3 Å². The van der Waals surface area contributed by atoms with Crippen molar-refractivity contribution in [3.8, 4) is 0 Å². The second-order valence-corrected chi connectivity index (χ2v) is 4.73. The first-order valence-corrected chi connectivity index (χ1v) is 6.81. The number of hydrogen-bond acceptors (Lipinski definition) is 5. The minimum Gasteiger partial charge on any atom is -0.370 e. The number of nitrogens with zero attached hydrogens (tertiary/aromatic N) is 3. The second-order valence-electron chi connectivity index (χ2n) is 4.73. The van der Waals surface area contributed by atoms with Gasteiger partial charge in [-0.15, -0.1) is 0 Å². The molecule has 1 amide bonds. The van der Waals surface area contributed by atoms with E-state index >= 15 is 0 Å². The Labute approximate surface area is 122 Å². The fraction of sp³-hybridized carbons (Fsp3) is 0.267. The van der Waals surface area contributed by atoms with Crippen molar-refractivity contribution in [3.05, 3.63) is 48.3 Å². The van der Waals surface area contributed by atoms with E-state index in [1.54, 1.807) is 11.1 Å². The molecule has 1 saturated heterocycles. The highest BCUT2D eigenvalue weighted by molar-refractivity contribution is 5.77. The van der Waals surface area contributed by atoms with Crippen molar-refractivity contribution >= 4 is 17.5 Å². The van der Waals surface area contributed by atoms with Crippen LogP contribution in [0.25, 0.3) is 0 Å². The Morgan fingerprint density at radius 3 is 2.90 bits per heavy atom. The first-order chi connectivity index (χ1) is 10.3. The van der Waals surface area contributed by atoms with Gasteiger partial charge in [-0.2, -0.15) is 0 Å². The average molecular weight is 284 g/mol. The number of anilines is 2. The number of amides is 1. The summed E-state index contributed by atoms with van der Waals surface area (Å²) in [6.07, 6.45) is 1.69. The van der Waals surface area contributed by atoms with E-state index < -0.39 is 0 Å². The third-order valence-corrected chi connectivity index (χ3v) is 3.18. The number of benzene rings is 1. The van der Waals surface area contributed by atoms with Gasteiger partial charge in [-0.3, -0.25) is 4.79 Å². The van der Waals surface area contributed by atoms with Crippen LogP contribution in [0.5, 0.6) is 0 Å². The summed E-state index contributed by atoms with van der Waals surface area (Å²) in [6.45, 7) is 1.81. The van der Waals surface area contributed by atoms with Crippen molar-refractivity contribution in [2.24, 2.45) is 0 Å². The molecular weight excluding hydrogens is 268 g/mol. The number of para-hydroxylation sites is 1. The van der Waals surface area contributed by atoms with Gasteiger partial charge in [-0.25, -0.2) is 9.97 Å². The summed E-state index contributed by atoms with van der Waals surface area (Å²) in [5.74, 6) is 0.525. The number of morpholine rings is 1. The monoisotopic (exact) mass is 284 g/mol. The molecular formula is C15H16N4O2. The smallest absolute Gasteiger partial charge is 0.248 e. The van der Waals surface area contributed by atoms with Crippen LogP contribution in [0.1, 0.15) is 5.69 Å². The normalized spacial score (nSPS) is 15.0. The van der Waals surface area contributed by atoms with Gasteiger partial charge in [0.15, 0.2) is 0 Å². The maximum Gasteiger partial charge on any atom is 0.248 e. The molecule has 6 nitrogen and oxygen atoms in total. The van der Waals surface area contributed by atoms with Gasteiger partial charge < -0.3 is 15.0 Å². The van der Waals surface area contributed by atoms with Crippen molar-refractivity contribution in [2.75, 3.05) is 25.1 Å². The highest BCUT2D eigenvalue weighted by atomic mass is 16.5. The van der Waals surface area contributed by atoms with E-state index in [0.717, 1.165) is 11.4 Å². The van der Waals surface area contributed by atoms with E-state index in [0.29, 0.717) is 25.6 Å². The number of ether oxygens (including phenoxy) is 1. The van der Waals surface area contributed by atoms with Crippen molar-refractivity contribution in [1.29, 1.82) is 0 Å². The fourth-order valence-corrected chi connectivity index (χ4v) is 2.11. The molecule has 0 radical (unpaired) electrons. The quantitative estimate of drug-likeness (QED) is 0.923. The van der Waals surface area contributed by atoms with Crippen LogP contribution in [0, 0.1) is 0 Å². The Morgan fingerprint density at radius 1 is 1.24 bits per heavy atom. The molecule has 1 aliphatic heterocycles. The summed E-state index contributed by atoms with van der Waals surface area (Å²) in [5.41, 5.74) is 1.73. The number of aromatic nitrogens is 2. The maximum atomic E-state index is 11.7. The van der Waals surface area contributed by atoms with Gasteiger partial charge in [-0.1, -0.05) is 18.2 Å². The van der Waals surface area contributed by atoms with Crippen LogP contribution < -0.4 is 5.32 Å². The van der Waals surface area contributed by atoms with E-state index in [1.807, 2.05) is 36.4 Å². The molecule has 0 atom stereocenters. The number of hydrogen-bond donors (Lipinski definition) is 1. The van der Waals surface area contributed by atoms with E-state index in [4.69, 9.17) is 4.74 Å². The molecule has 0 spiro atoms. The van der Waals surface area contributed by atoms with Gasteiger partial charge in [0.1, 0.15) is 6.61 Å². The molecule has 6 heteroatoms. The Hall–Kier alpha value is -2.47. The van der Waals surface area contributed by atoms with Crippen LogP contribution >= 0.6 is 0 Å². The molecule has 2 aromatic rings.